The summed E-state index contributed by atoms with van der Waals surface area (Å²) in [5.41, 5.74) is 0.952. The fourth-order valence-corrected chi connectivity index (χ4v) is 3.29. The van der Waals surface area contributed by atoms with Gasteiger partial charge in [-0.1, -0.05) is 6.07 Å². The van der Waals surface area contributed by atoms with E-state index in [2.05, 4.69) is 9.44 Å². The Morgan fingerprint density at radius 3 is 2.40 bits per heavy atom. The van der Waals surface area contributed by atoms with E-state index in [0.717, 1.165) is 6.26 Å². The number of hydrogen-bond donors (Lipinski definition) is 2. The van der Waals surface area contributed by atoms with Gasteiger partial charge in [0.15, 0.2) is 0 Å². The molecule has 0 radical (unpaired) electrons. The summed E-state index contributed by atoms with van der Waals surface area (Å²) in [6, 6.07) is 4.41. The van der Waals surface area contributed by atoms with Crippen molar-refractivity contribution in [2.24, 2.45) is 0 Å². The molecule has 1 aromatic rings. The van der Waals surface area contributed by atoms with Crippen molar-refractivity contribution in [2.75, 3.05) is 17.6 Å². The van der Waals surface area contributed by atoms with Crippen molar-refractivity contribution in [3.63, 3.8) is 0 Å². The standard InChI is InChI=1S/C16H26N2O5S2/c1-7-23-15(19)13-10-12(8-9-14(13)18-25(6,21)22)11(2)17-24(20)16(3,4)5/h8-11,17-18H,7H2,1-6H3/t11-,24-/m1/s1. The van der Waals surface area contributed by atoms with Crippen molar-refractivity contribution in [2.45, 2.75) is 45.4 Å². The zero-order valence-corrected chi connectivity index (χ0v) is 17.0. The molecule has 0 spiro atoms. The molecule has 1 aromatic carbocycles. The Labute approximate surface area is 152 Å². The van der Waals surface area contributed by atoms with Gasteiger partial charge in [-0.15, -0.1) is 0 Å². The van der Waals surface area contributed by atoms with Gasteiger partial charge in [-0.05, 0) is 52.3 Å². The fourth-order valence-electron chi connectivity index (χ4n) is 1.90. The van der Waals surface area contributed by atoms with Crippen LogP contribution in [-0.2, 0) is 25.7 Å². The van der Waals surface area contributed by atoms with Gasteiger partial charge in [0.25, 0.3) is 0 Å². The van der Waals surface area contributed by atoms with Gasteiger partial charge in [-0.3, -0.25) is 4.72 Å². The van der Waals surface area contributed by atoms with Gasteiger partial charge in [0, 0.05) is 6.04 Å². The minimum absolute atomic E-state index is 0.111. The summed E-state index contributed by atoms with van der Waals surface area (Å²) in [4.78, 5) is 12.2. The summed E-state index contributed by atoms with van der Waals surface area (Å²) in [7, 11) is -4.83. The van der Waals surface area contributed by atoms with Crippen LogP contribution in [0.3, 0.4) is 0 Å². The molecule has 2 atom stereocenters. The van der Waals surface area contributed by atoms with Gasteiger partial charge < -0.3 is 4.74 Å². The molecule has 0 saturated carbocycles. The van der Waals surface area contributed by atoms with E-state index >= 15 is 0 Å². The Hall–Kier alpha value is -1.45. The van der Waals surface area contributed by atoms with E-state index in [0.29, 0.717) is 5.56 Å². The molecule has 0 unspecified atom stereocenters. The SMILES string of the molecule is CCOC(=O)c1cc([C@@H](C)N[S@](=O)C(C)(C)C)ccc1NS(C)(=O)=O. The number of carbonyl (C=O) groups excluding carboxylic acids is 1. The Balaban J connectivity index is 3.20. The molecule has 1 rings (SSSR count). The molecule has 0 heterocycles. The lowest BCUT2D eigenvalue weighted by Crippen LogP contribution is -2.34. The number of anilines is 1. The maximum Gasteiger partial charge on any atom is 0.340 e. The lowest BCUT2D eigenvalue weighted by molar-refractivity contribution is 0.0527. The van der Waals surface area contributed by atoms with Crippen molar-refractivity contribution in [3.05, 3.63) is 29.3 Å². The molecule has 2 N–H and O–H groups in total. The van der Waals surface area contributed by atoms with Gasteiger partial charge in [0.2, 0.25) is 10.0 Å². The van der Waals surface area contributed by atoms with Crippen LogP contribution in [0.1, 0.15) is 56.6 Å². The molecule has 0 aliphatic carbocycles. The van der Waals surface area contributed by atoms with Crippen LogP contribution in [0.4, 0.5) is 5.69 Å². The molecule has 0 fully saturated rings. The van der Waals surface area contributed by atoms with Gasteiger partial charge >= 0.3 is 5.97 Å². The lowest BCUT2D eigenvalue weighted by atomic mass is 10.0. The maximum atomic E-state index is 12.2. The first-order valence-corrected chi connectivity index (χ1v) is 10.9. The highest BCUT2D eigenvalue weighted by atomic mass is 32.2. The van der Waals surface area contributed by atoms with Crippen LogP contribution in [0.25, 0.3) is 0 Å². The van der Waals surface area contributed by atoms with Crippen molar-refractivity contribution in [3.8, 4) is 0 Å². The van der Waals surface area contributed by atoms with Crippen LogP contribution in [0.2, 0.25) is 0 Å². The molecule has 0 aromatic heterocycles. The summed E-state index contributed by atoms with van der Waals surface area (Å²) in [5.74, 6) is -0.625. The van der Waals surface area contributed by atoms with Crippen LogP contribution in [0.5, 0.6) is 0 Å². The number of esters is 1. The molecule has 0 amide bonds. The van der Waals surface area contributed by atoms with Crippen LogP contribution in [-0.4, -0.2) is 36.2 Å². The molecule has 0 aliphatic heterocycles. The summed E-state index contributed by atoms with van der Waals surface area (Å²) < 4.78 is 45.1. The summed E-state index contributed by atoms with van der Waals surface area (Å²) in [6.07, 6.45) is 1.01. The minimum Gasteiger partial charge on any atom is -0.462 e. The van der Waals surface area contributed by atoms with Crippen LogP contribution < -0.4 is 9.44 Å². The maximum absolute atomic E-state index is 12.2. The molecule has 142 valence electrons. The molecule has 0 saturated heterocycles. The number of carbonyl (C=O) groups is 1. The molecule has 0 bridgehead atoms. The first-order valence-electron chi connectivity index (χ1n) is 7.82. The topological polar surface area (TPSA) is 102 Å². The zero-order chi connectivity index (χ0) is 19.4. The third-order valence-corrected chi connectivity index (χ3v) is 5.45. The number of rotatable bonds is 7. The highest BCUT2D eigenvalue weighted by Gasteiger charge is 2.23. The van der Waals surface area contributed by atoms with E-state index in [1.54, 1.807) is 19.1 Å². The number of benzene rings is 1. The van der Waals surface area contributed by atoms with E-state index in [-0.39, 0.29) is 23.9 Å². The number of nitrogens with one attached hydrogen (secondary N) is 2. The van der Waals surface area contributed by atoms with E-state index in [1.807, 2.05) is 27.7 Å². The van der Waals surface area contributed by atoms with E-state index in [9.17, 15) is 17.4 Å². The Morgan fingerprint density at radius 1 is 1.32 bits per heavy atom. The van der Waals surface area contributed by atoms with E-state index < -0.39 is 31.7 Å². The average molecular weight is 391 g/mol. The molecule has 0 aliphatic rings. The highest BCUT2D eigenvalue weighted by Crippen LogP contribution is 2.24. The minimum atomic E-state index is -3.54. The Morgan fingerprint density at radius 2 is 1.92 bits per heavy atom. The first-order chi connectivity index (χ1) is 11.3. The second kappa shape index (κ2) is 8.29. The van der Waals surface area contributed by atoms with Crippen LogP contribution >= 0.6 is 0 Å². The van der Waals surface area contributed by atoms with Gasteiger partial charge in [-0.25, -0.2) is 22.1 Å². The number of sulfonamides is 1. The summed E-state index contributed by atoms with van der Waals surface area (Å²) in [6.45, 7) is 9.22. The van der Waals surface area contributed by atoms with Gasteiger partial charge in [-0.2, -0.15) is 0 Å². The van der Waals surface area contributed by atoms with Crippen LogP contribution in [0, 0.1) is 0 Å². The van der Waals surface area contributed by atoms with Crippen molar-refractivity contribution in [1.82, 2.24) is 4.72 Å². The largest absolute Gasteiger partial charge is 0.462 e. The lowest BCUT2D eigenvalue weighted by Gasteiger charge is -2.22. The quantitative estimate of drug-likeness (QED) is 0.696. The third-order valence-electron chi connectivity index (χ3n) is 3.17. The van der Waals surface area contributed by atoms with E-state index in [4.69, 9.17) is 4.74 Å². The third kappa shape index (κ3) is 6.75. The summed E-state index contributed by atoms with van der Waals surface area (Å²) >= 11 is 0. The smallest absolute Gasteiger partial charge is 0.340 e. The predicted molar refractivity (Wildman–Crippen MR) is 100 cm³/mol. The predicted octanol–water partition coefficient (Wildman–Crippen LogP) is 2.35. The normalized spacial score (nSPS) is 14.6. The molecular weight excluding hydrogens is 364 g/mol. The average Bonchev–Trinajstić information content (AvgIpc) is 2.45. The Kier molecular flexibility index (Phi) is 7.16. The van der Waals surface area contributed by atoms with Crippen molar-refractivity contribution < 1.29 is 22.2 Å². The first kappa shape index (κ1) is 21.6. The monoisotopic (exact) mass is 390 g/mol. The number of hydrogen-bond acceptors (Lipinski definition) is 5. The fraction of sp³-hybridized carbons (Fsp3) is 0.562. The molecule has 7 nitrogen and oxygen atoms in total. The Bertz CT molecular complexity index is 754. The van der Waals surface area contributed by atoms with Crippen molar-refractivity contribution >= 4 is 32.7 Å². The molecule has 9 heteroatoms. The second-order valence-electron chi connectivity index (χ2n) is 6.62. The molecule has 25 heavy (non-hydrogen) atoms. The highest BCUT2D eigenvalue weighted by molar-refractivity contribution is 7.92. The zero-order valence-electron chi connectivity index (χ0n) is 15.4. The number of ether oxygens (including phenoxy) is 1. The molecular formula is C16H26N2O5S2. The second-order valence-corrected chi connectivity index (χ2v) is 10.4. The van der Waals surface area contributed by atoms with Gasteiger partial charge in [0.1, 0.15) is 0 Å². The van der Waals surface area contributed by atoms with E-state index in [1.165, 1.54) is 6.07 Å². The van der Waals surface area contributed by atoms with Gasteiger partial charge in [0.05, 0.1) is 39.8 Å². The van der Waals surface area contributed by atoms with Crippen LogP contribution in [0.15, 0.2) is 18.2 Å². The summed E-state index contributed by atoms with van der Waals surface area (Å²) in [5, 5.41) is 0. The van der Waals surface area contributed by atoms with Crippen molar-refractivity contribution in [1.29, 1.82) is 0 Å².